The maximum Gasteiger partial charge on any atom is 0.00366 e. The van der Waals surface area contributed by atoms with Crippen LogP contribution in [-0.2, 0) is 19.5 Å². The third kappa shape index (κ3) is 56700. The third-order valence-corrected chi connectivity index (χ3v) is 0. The molecule has 0 aliphatic heterocycles. The van der Waals surface area contributed by atoms with E-state index >= 15 is 0 Å². The van der Waals surface area contributed by atoms with E-state index in [-0.39, 0.29) is 31.0 Å². The Bertz CT molecular complexity index is 15.1. The van der Waals surface area contributed by atoms with Crippen LogP contribution in [0.4, 0.5) is 0 Å². The van der Waals surface area contributed by atoms with Gasteiger partial charge < -0.3 is 6.15 Å². The standard InChI is InChI=1S/HNO2.H3N.Zn/c2-1-3;;/h1H;1H3;. The number of hydrogen-bond acceptors (Lipinski definition) is 3. The first-order chi connectivity index (χ1) is 1.41. The van der Waals surface area contributed by atoms with Crippen LogP contribution in [0.15, 0.2) is 0 Å². The molecule has 5 heteroatoms. The first-order valence-corrected chi connectivity index (χ1v) is 0.408. The quantitative estimate of drug-likeness (QED) is 0.237. The smallest absolute Gasteiger partial charge is 0.00366 e. The molecule has 5 heavy (non-hydrogen) atoms. The Morgan fingerprint density at radius 3 is 1.60 bits per heavy atom. The molecule has 0 amide bonds. The Hall–Kier alpha value is -0.0166. The third-order valence-electron chi connectivity index (χ3n) is 0. The van der Waals surface area contributed by atoms with Gasteiger partial charge in [-0.05, 0) is 0 Å². The van der Waals surface area contributed by atoms with Crippen molar-refractivity contribution in [3.8, 4) is 0 Å². The van der Waals surface area contributed by atoms with E-state index < -0.39 is 0 Å². The summed E-state index contributed by atoms with van der Waals surface area (Å²) in [5.74, 6) is 0. The molecule has 0 radical (unpaired) electrons. The zero-order valence-electron chi connectivity index (χ0n) is 2.73. The van der Waals surface area contributed by atoms with Gasteiger partial charge in [0.2, 0.25) is 0 Å². The summed E-state index contributed by atoms with van der Waals surface area (Å²) in [4.78, 5) is 8.12. The molecule has 4 nitrogen and oxygen atoms in total. The minimum absolute atomic E-state index is 0. The summed E-state index contributed by atoms with van der Waals surface area (Å²) in [7, 11) is 0. The molecule has 4 N–H and O–H groups in total. The second-order valence-electron chi connectivity index (χ2n) is 0.0833. The normalized spacial score (nSPS) is 2.40. The monoisotopic (exact) mass is 128 g/mol. The summed E-state index contributed by atoms with van der Waals surface area (Å²) >= 11 is 0. The van der Waals surface area contributed by atoms with E-state index in [1.807, 2.05) is 0 Å². The van der Waals surface area contributed by atoms with E-state index in [0.29, 0.717) is 0 Å². The van der Waals surface area contributed by atoms with E-state index in [2.05, 4.69) is 0 Å². The SMILES string of the molecule is N.O=[NH+][O-].[Zn]. The Morgan fingerprint density at radius 1 is 1.60 bits per heavy atom. The van der Waals surface area contributed by atoms with Crippen LogP contribution in [0.3, 0.4) is 0 Å². The largest absolute Gasteiger partial charge is 0.344 e. The van der Waals surface area contributed by atoms with Crippen molar-refractivity contribution in [3.05, 3.63) is 10.1 Å². The Morgan fingerprint density at radius 2 is 1.60 bits per heavy atom. The minimum atomic E-state index is 0. The predicted molar refractivity (Wildman–Crippen MR) is 12.7 cm³/mol. The van der Waals surface area contributed by atoms with Crippen molar-refractivity contribution in [2.24, 2.45) is 0 Å². The number of nitrogens with one attached hydrogen (secondary N) is 1. The van der Waals surface area contributed by atoms with Crippen molar-refractivity contribution in [1.82, 2.24) is 6.15 Å². The van der Waals surface area contributed by atoms with Gasteiger partial charge in [-0.2, -0.15) is 0 Å². The minimum Gasteiger partial charge on any atom is -0.344 e. The van der Waals surface area contributed by atoms with Crippen molar-refractivity contribution in [1.29, 1.82) is 0 Å². The first kappa shape index (κ1) is 20.1. The van der Waals surface area contributed by atoms with Gasteiger partial charge in [0, 0.05) is 24.8 Å². The Kier molecular flexibility index (Phi) is 147. The van der Waals surface area contributed by atoms with Gasteiger partial charge in [0.25, 0.3) is 0 Å². The fourth-order valence-corrected chi connectivity index (χ4v) is 0. The summed E-state index contributed by atoms with van der Waals surface area (Å²) < 4.78 is 0. The molecule has 0 atom stereocenters. The van der Waals surface area contributed by atoms with Gasteiger partial charge in [-0.3, -0.25) is 10.1 Å². The van der Waals surface area contributed by atoms with Crippen LogP contribution in [0.2, 0.25) is 0 Å². The molecule has 0 aromatic carbocycles. The molecular weight excluding hydrogens is 125 g/mol. The van der Waals surface area contributed by atoms with Gasteiger partial charge >= 0.3 is 0 Å². The van der Waals surface area contributed by atoms with Gasteiger partial charge in [0.1, 0.15) is 0 Å². The van der Waals surface area contributed by atoms with Crippen LogP contribution in [0.25, 0.3) is 0 Å². The van der Waals surface area contributed by atoms with Crippen LogP contribution in [0, 0.1) is 10.1 Å². The molecule has 0 rings (SSSR count). The van der Waals surface area contributed by atoms with Crippen molar-refractivity contribution in [2.45, 2.75) is 0 Å². The number of hydrogen-bond donors (Lipinski definition) is 2. The molecule has 0 spiro atoms. The maximum absolute atomic E-state index is 8.12. The molecule has 0 saturated carbocycles. The molecule has 0 aromatic heterocycles. The fourth-order valence-electron chi connectivity index (χ4n) is 0. The fraction of sp³-hybridized carbons (Fsp3) is 0. The molecule has 28 valence electrons. The summed E-state index contributed by atoms with van der Waals surface area (Å²) in [5.41, 5.74) is 0. The van der Waals surface area contributed by atoms with Crippen molar-refractivity contribution in [3.63, 3.8) is 0 Å². The van der Waals surface area contributed by atoms with Crippen molar-refractivity contribution >= 4 is 0 Å². The molecule has 0 aliphatic carbocycles. The van der Waals surface area contributed by atoms with Gasteiger partial charge in [-0.15, -0.1) is 0 Å². The van der Waals surface area contributed by atoms with Crippen LogP contribution < -0.4 is 11.5 Å². The number of rotatable bonds is 0. The summed E-state index contributed by atoms with van der Waals surface area (Å²) in [6, 6.07) is 0. The van der Waals surface area contributed by atoms with Crippen molar-refractivity contribution < 1.29 is 24.8 Å². The topological polar surface area (TPSA) is 89.1 Å². The van der Waals surface area contributed by atoms with E-state index in [9.17, 15) is 0 Å². The molecule has 0 aromatic rings. The second kappa shape index (κ2) is 36.7. The summed E-state index contributed by atoms with van der Waals surface area (Å²) in [6.07, 6.45) is 0. The molecule has 0 saturated heterocycles. The van der Waals surface area contributed by atoms with E-state index in [1.54, 1.807) is 0 Å². The molecule has 0 heterocycles. The molecule has 0 aliphatic rings. The summed E-state index contributed by atoms with van der Waals surface area (Å²) in [6.45, 7) is 0. The zero-order valence-corrected chi connectivity index (χ0v) is 5.70. The molecular formula is H4N2O2Zn. The zero-order chi connectivity index (χ0) is 2.71. The van der Waals surface area contributed by atoms with E-state index in [4.69, 9.17) is 10.1 Å². The molecule has 0 unspecified atom stereocenters. The van der Waals surface area contributed by atoms with Crippen LogP contribution in [0.1, 0.15) is 0 Å². The first-order valence-electron chi connectivity index (χ1n) is 0.408. The second-order valence-corrected chi connectivity index (χ2v) is 0.0833. The Balaban J connectivity index is -0.0000000200. The van der Waals surface area contributed by atoms with E-state index in [1.165, 1.54) is 0 Å². The van der Waals surface area contributed by atoms with Crippen LogP contribution >= 0.6 is 0 Å². The predicted octanol–water partition coefficient (Wildman–Crippen LogP) is -1.51. The van der Waals surface area contributed by atoms with Crippen LogP contribution in [-0.4, -0.2) is 0 Å². The molecule has 0 fully saturated rings. The maximum atomic E-state index is 8.12. The average Bonchev–Trinajstić information content (AvgIpc) is 0.918. The van der Waals surface area contributed by atoms with E-state index in [0.717, 1.165) is 0 Å². The van der Waals surface area contributed by atoms with Crippen molar-refractivity contribution in [2.75, 3.05) is 0 Å². The van der Waals surface area contributed by atoms with Gasteiger partial charge in [-0.1, -0.05) is 0 Å². The molecule has 0 bridgehead atoms. The van der Waals surface area contributed by atoms with Crippen LogP contribution in [0.5, 0.6) is 0 Å². The average molecular weight is 129 g/mol. The van der Waals surface area contributed by atoms with Gasteiger partial charge in [-0.25, -0.2) is 0 Å². The van der Waals surface area contributed by atoms with Gasteiger partial charge in [0.15, 0.2) is 0 Å². The Labute approximate surface area is 41.8 Å². The summed E-state index contributed by atoms with van der Waals surface area (Å²) in [5, 5.41) is 8.38. The van der Waals surface area contributed by atoms with Gasteiger partial charge in [0.05, 0.1) is 0 Å².